The summed E-state index contributed by atoms with van der Waals surface area (Å²) in [6, 6.07) is 5.47. The Kier molecular flexibility index (Phi) is 3.88. The number of benzene rings is 1. The lowest BCUT2D eigenvalue weighted by Gasteiger charge is -2.11. The third-order valence-electron chi connectivity index (χ3n) is 2.96. The SMILES string of the molecule is Cn1nc(C(=O)NC(CC(=O)O)C(=O)O)c2ccccc21. The van der Waals surface area contributed by atoms with Crippen LogP contribution < -0.4 is 5.32 Å². The lowest BCUT2D eigenvalue weighted by molar-refractivity contribution is -0.145. The molecule has 2 rings (SSSR count). The largest absolute Gasteiger partial charge is 0.481 e. The van der Waals surface area contributed by atoms with E-state index in [1.807, 2.05) is 0 Å². The zero-order valence-electron chi connectivity index (χ0n) is 11.1. The van der Waals surface area contributed by atoms with E-state index >= 15 is 0 Å². The molecule has 2 aromatic rings. The van der Waals surface area contributed by atoms with Crippen LogP contribution in [0.15, 0.2) is 24.3 Å². The van der Waals surface area contributed by atoms with Crippen LogP contribution in [0.25, 0.3) is 10.9 Å². The number of aliphatic carboxylic acids is 2. The van der Waals surface area contributed by atoms with Crippen LogP contribution in [-0.2, 0) is 16.6 Å². The van der Waals surface area contributed by atoms with Crippen molar-refractivity contribution in [2.45, 2.75) is 12.5 Å². The lowest BCUT2D eigenvalue weighted by atomic mass is 10.1. The molecule has 1 unspecified atom stereocenters. The molecule has 1 atom stereocenters. The van der Waals surface area contributed by atoms with Gasteiger partial charge in [0.15, 0.2) is 5.69 Å². The molecule has 0 spiro atoms. The van der Waals surface area contributed by atoms with Crippen molar-refractivity contribution in [3.8, 4) is 0 Å². The molecule has 8 nitrogen and oxygen atoms in total. The number of nitrogens with one attached hydrogen (secondary N) is 1. The van der Waals surface area contributed by atoms with Gasteiger partial charge in [-0.25, -0.2) is 4.79 Å². The van der Waals surface area contributed by atoms with Gasteiger partial charge in [0.05, 0.1) is 11.9 Å². The van der Waals surface area contributed by atoms with E-state index in [2.05, 4.69) is 10.4 Å². The summed E-state index contributed by atoms with van der Waals surface area (Å²) in [4.78, 5) is 33.7. The first-order chi connectivity index (χ1) is 9.90. The maximum Gasteiger partial charge on any atom is 0.326 e. The minimum Gasteiger partial charge on any atom is -0.481 e. The zero-order valence-corrected chi connectivity index (χ0v) is 11.1. The van der Waals surface area contributed by atoms with Crippen molar-refractivity contribution in [3.05, 3.63) is 30.0 Å². The summed E-state index contributed by atoms with van der Waals surface area (Å²) in [5.41, 5.74) is 0.775. The molecule has 0 aliphatic carbocycles. The molecule has 1 aromatic heterocycles. The third-order valence-corrected chi connectivity index (χ3v) is 2.96. The molecule has 8 heteroatoms. The molecule has 0 aliphatic rings. The van der Waals surface area contributed by atoms with E-state index in [1.165, 1.54) is 4.68 Å². The number of aromatic nitrogens is 2. The van der Waals surface area contributed by atoms with Gasteiger partial charge in [0.2, 0.25) is 0 Å². The van der Waals surface area contributed by atoms with E-state index in [1.54, 1.807) is 31.3 Å². The predicted octanol–water partition coefficient (Wildman–Crippen LogP) is 0.231. The number of aryl methyl sites for hydroxylation is 1. The summed E-state index contributed by atoms with van der Waals surface area (Å²) >= 11 is 0. The number of carbonyl (C=O) groups is 3. The number of hydrogen-bond acceptors (Lipinski definition) is 4. The monoisotopic (exact) mass is 291 g/mol. The predicted molar refractivity (Wildman–Crippen MR) is 71.9 cm³/mol. The van der Waals surface area contributed by atoms with Gasteiger partial charge in [0.1, 0.15) is 6.04 Å². The fourth-order valence-corrected chi connectivity index (χ4v) is 1.98. The molecule has 0 fully saturated rings. The Morgan fingerprint density at radius 1 is 1.29 bits per heavy atom. The molecule has 0 radical (unpaired) electrons. The Morgan fingerprint density at radius 2 is 1.95 bits per heavy atom. The second-order valence-corrected chi connectivity index (χ2v) is 4.45. The summed E-state index contributed by atoms with van der Waals surface area (Å²) in [7, 11) is 1.66. The molecular formula is C13H13N3O5. The third kappa shape index (κ3) is 2.99. The summed E-state index contributed by atoms with van der Waals surface area (Å²) in [6.45, 7) is 0. The molecule has 21 heavy (non-hydrogen) atoms. The molecule has 0 saturated heterocycles. The lowest BCUT2D eigenvalue weighted by Crippen LogP contribution is -2.42. The quantitative estimate of drug-likeness (QED) is 0.725. The standard InChI is InChI=1S/C13H13N3O5/c1-16-9-5-3-2-4-7(9)11(15-16)12(19)14-8(13(20)21)6-10(17)18/h2-5,8H,6H2,1H3,(H,14,19)(H,17,18)(H,20,21). The van der Waals surface area contributed by atoms with Crippen LogP contribution in [0.4, 0.5) is 0 Å². The Labute approximate surface area is 119 Å². The molecular weight excluding hydrogens is 278 g/mol. The van der Waals surface area contributed by atoms with Gasteiger partial charge in [-0.2, -0.15) is 5.10 Å². The van der Waals surface area contributed by atoms with Gasteiger partial charge in [0.25, 0.3) is 5.91 Å². The molecule has 0 bridgehead atoms. The summed E-state index contributed by atoms with van der Waals surface area (Å²) < 4.78 is 1.50. The van der Waals surface area contributed by atoms with Crippen molar-refractivity contribution < 1.29 is 24.6 Å². The highest BCUT2D eigenvalue weighted by Gasteiger charge is 2.25. The van der Waals surface area contributed by atoms with Gasteiger partial charge in [-0.1, -0.05) is 18.2 Å². The van der Waals surface area contributed by atoms with Gasteiger partial charge in [0, 0.05) is 12.4 Å². The maximum absolute atomic E-state index is 12.1. The number of para-hydroxylation sites is 1. The highest BCUT2D eigenvalue weighted by molar-refractivity contribution is 6.06. The molecule has 0 saturated carbocycles. The number of carbonyl (C=O) groups excluding carboxylic acids is 1. The Bertz CT molecular complexity index is 722. The smallest absolute Gasteiger partial charge is 0.326 e. The van der Waals surface area contributed by atoms with E-state index in [0.29, 0.717) is 10.9 Å². The maximum atomic E-state index is 12.1. The Morgan fingerprint density at radius 3 is 2.57 bits per heavy atom. The van der Waals surface area contributed by atoms with Crippen molar-refractivity contribution in [1.82, 2.24) is 15.1 Å². The Hall–Kier alpha value is -2.90. The van der Waals surface area contributed by atoms with Gasteiger partial charge in [-0.15, -0.1) is 0 Å². The first-order valence-electron chi connectivity index (χ1n) is 6.07. The number of carboxylic acids is 2. The normalized spacial score (nSPS) is 12.0. The minimum atomic E-state index is -1.50. The molecule has 0 aliphatic heterocycles. The van der Waals surface area contributed by atoms with Gasteiger partial charge in [-0.3, -0.25) is 14.3 Å². The average molecular weight is 291 g/mol. The second-order valence-electron chi connectivity index (χ2n) is 4.45. The number of nitrogens with zero attached hydrogens (tertiary/aromatic N) is 2. The van der Waals surface area contributed by atoms with Crippen molar-refractivity contribution in [2.75, 3.05) is 0 Å². The van der Waals surface area contributed by atoms with Gasteiger partial charge < -0.3 is 15.5 Å². The van der Waals surface area contributed by atoms with Gasteiger partial charge in [-0.05, 0) is 6.07 Å². The molecule has 1 aromatic carbocycles. The van der Waals surface area contributed by atoms with E-state index in [-0.39, 0.29) is 5.69 Å². The van der Waals surface area contributed by atoms with Crippen LogP contribution in [0.5, 0.6) is 0 Å². The van der Waals surface area contributed by atoms with Gasteiger partial charge >= 0.3 is 11.9 Å². The van der Waals surface area contributed by atoms with Crippen LogP contribution in [-0.4, -0.2) is 43.9 Å². The first kappa shape index (κ1) is 14.5. The van der Waals surface area contributed by atoms with E-state index in [0.717, 1.165) is 0 Å². The number of amides is 1. The Balaban J connectivity index is 2.30. The molecule has 1 amide bonds. The number of fused-ring (bicyclic) bond motifs is 1. The van der Waals surface area contributed by atoms with Crippen LogP contribution in [0, 0.1) is 0 Å². The molecule has 1 heterocycles. The van der Waals surface area contributed by atoms with Crippen molar-refractivity contribution in [3.63, 3.8) is 0 Å². The van der Waals surface area contributed by atoms with Crippen molar-refractivity contribution >= 4 is 28.7 Å². The van der Waals surface area contributed by atoms with E-state index in [9.17, 15) is 14.4 Å². The highest BCUT2D eigenvalue weighted by Crippen LogP contribution is 2.17. The zero-order chi connectivity index (χ0) is 15.6. The van der Waals surface area contributed by atoms with Crippen molar-refractivity contribution in [2.24, 2.45) is 7.05 Å². The van der Waals surface area contributed by atoms with E-state index < -0.39 is 30.3 Å². The number of carboxylic acid groups (broad SMARTS) is 2. The van der Waals surface area contributed by atoms with Crippen LogP contribution in [0.2, 0.25) is 0 Å². The minimum absolute atomic E-state index is 0.0599. The van der Waals surface area contributed by atoms with E-state index in [4.69, 9.17) is 10.2 Å². The number of hydrogen-bond donors (Lipinski definition) is 3. The number of rotatable bonds is 5. The fourth-order valence-electron chi connectivity index (χ4n) is 1.98. The molecule has 3 N–H and O–H groups in total. The van der Waals surface area contributed by atoms with Crippen LogP contribution in [0.3, 0.4) is 0 Å². The molecule has 110 valence electrons. The topological polar surface area (TPSA) is 122 Å². The highest BCUT2D eigenvalue weighted by atomic mass is 16.4. The summed E-state index contributed by atoms with van der Waals surface area (Å²) in [5.74, 6) is -3.44. The van der Waals surface area contributed by atoms with Crippen LogP contribution >= 0.6 is 0 Å². The van der Waals surface area contributed by atoms with Crippen molar-refractivity contribution in [1.29, 1.82) is 0 Å². The summed E-state index contributed by atoms with van der Waals surface area (Å²) in [5, 5.41) is 24.4. The van der Waals surface area contributed by atoms with Crippen LogP contribution in [0.1, 0.15) is 16.9 Å². The summed E-state index contributed by atoms with van der Waals surface area (Å²) in [6.07, 6.45) is -0.703. The fraction of sp³-hybridized carbons (Fsp3) is 0.231. The second kappa shape index (κ2) is 5.61. The average Bonchev–Trinajstić information content (AvgIpc) is 2.75. The first-order valence-corrected chi connectivity index (χ1v) is 6.07.